The molecule has 2 aromatic heterocycles. The van der Waals surface area contributed by atoms with Gasteiger partial charge in [0.2, 0.25) is 11.0 Å². The average Bonchev–Trinajstić information content (AvgIpc) is 3.37. The summed E-state index contributed by atoms with van der Waals surface area (Å²) in [6.45, 7) is 2.64. The molecule has 0 atom stereocenters. The number of methoxy groups -OCH3 is 1. The van der Waals surface area contributed by atoms with Crippen LogP contribution in [0.2, 0.25) is 0 Å². The van der Waals surface area contributed by atoms with Crippen molar-refractivity contribution in [2.24, 2.45) is 0 Å². The Labute approximate surface area is 166 Å². The van der Waals surface area contributed by atoms with E-state index < -0.39 is 0 Å². The van der Waals surface area contributed by atoms with E-state index in [1.54, 1.807) is 18.1 Å². The van der Waals surface area contributed by atoms with Gasteiger partial charge in [-0.05, 0) is 47.2 Å². The number of tetrazole rings is 1. The van der Waals surface area contributed by atoms with Crippen LogP contribution in [0.15, 0.2) is 64.4 Å². The minimum absolute atomic E-state index is 0.590. The number of ether oxygens (including phenoxy) is 1. The van der Waals surface area contributed by atoms with Gasteiger partial charge in [0.05, 0.1) is 19.3 Å². The lowest BCUT2D eigenvalue weighted by atomic mass is 10.1. The van der Waals surface area contributed by atoms with E-state index in [2.05, 4.69) is 27.4 Å². The number of hydrogen-bond donors (Lipinski definition) is 0. The first-order valence-corrected chi connectivity index (χ1v) is 9.73. The molecule has 28 heavy (non-hydrogen) atoms. The van der Waals surface area contributed by atoms with Crippen molar-refractivity contribution in [3.63, 3.8) is 0 Å². The lowest BCUT2D eigenvalue weighted by molar-refractivity contribution is 0.414. The fraction of sp³-hybridized carbons (Fsp3) is 0.200. The van der Waals surface area contributed by atoms with Gasteiger partial charge in [-0.25, -0.2) is 9.67 Å². The highest BCUT2D eigenvalue weighted by Crippen LogP contribution is 2.24. The summed E-state index contributed by atoms with van der Waals surface area (Å²) in [5.74, 6) is 2.07. The normalized spacial score (nSPS) is 10.9. The van der Waals surface area contributed by atoms with E-state index in [0.717, 1.165) is 27.7 Å². The Morgan fingerprint density at radius 3 is 2.61 bits per heavy atom. The molecule has 7 nitrogen and oxygen atoms in total. The van der Waals surface area contributed by atoms with Crippen LogP contribution in [0.5, 0.6) is 5.75 Å². The van der Waals surface area contributed by atoms with Gasteiger partial charge in [-0.2, -0.15) is 0 Å². The molecule has 4 rings (SSSR count). The standard InChI is InChI=1S/C20H19N5O2S/c1-14-3-7-16(8-4-14)19-21-17(12-27-19)13-28-20-22-23-24-25(20)11-15-5-9-18(26-2)10-6-15/h3-10,12H,11,13H2,1-2H3. The molecule has 0 aliphatic heterocycles. The van der Waals surface area contributed by atoms with E-state index in [0.29, 0.717) is 18.2 Å². The number of aromatic nitrogens is 5. The first kappa shape index (κ1) is 18.2. The largest absolute Gasteiger partial charge is 0.497 e. The van der Waals surface area contributed by atoms with Gasteiger partial charge in [0.1, 0.15) is 12.0 Å². The van der Waals surface area contributed by atoms with Gasteiger partial charge < -0.3 is 9.15 Å². The molecule has 2 heterocycles. The molecule has 4 aromatic rings. The lowest BCUT2D eigenvalue weighted by Crippen LogP contribution is -2.04. The number of aryl methyl sites for hydroxylation is 1. The molecule has 2 aromatic carbocycles. The third kappa shape index (κ3) is 4.23. The summed E-state index contributed by atoms with van der Waals surface area (Å²) in [4.78, 5) is 4.56. The van der Waals surface area contributed by atoms with Gasteiger partial charge >= 0.3 is 0 Å². The fourth-order valence-corrected chi connectivity index (χ4v) is 3.40. The van der Waals surface area contributed by atoms with Crippen molar-refractivity contribution in [3.05, 3.63) is 71.6 Å². The molecule has 0 radical (unpaired) electrons. The van der Waals surface area contributed by atoms with Crippen molar-refractivity contribution in [2.45, 2.75) is 24.4 Å². The van der Waals surface area contributed by atoms with Crippen molar-refractivity contribution in [2.75, 3.05) is 7.11 Å². The Morgan fingerprint density at radius 2 is 1.86 bits per heavy atom. The molecule has 0 bridgehead atoms. The smallest absolute Gasteiger partial charge is 0.226 e. The molecule has 0 saturated heterocycles. The van der Waals surface area contributed by atoms with E-state index in [9.17, 15) is 0 Å². The summed E-state index contributed by atoms with van der Waals surface area (Å²) in [6, 6.07) is 16.0. The number of rotatable bonds is 7. The molecule has 0 fully saturated rings. The summed E-state index contributed by atoms with van der Waals surface area (Å²) < 4.78 is 12.6. The van der Waals surface area contributed by atoms with Crippen LogP contribution in [0.3, 0.4) is 0 Å². The Balaban J connectivity index is 1.40. The van der Waals surface area contributed by atoms with Crippen molar-refractivity contribution in [3.8, 4) is 17.2 Å². The maximum absolute atomic E-state index is 5.61. The molecule has 0 N–H and O–H groups in total. The van der Waals surface area contributed by atoms with Crippen molar-refractivity contribution >= 4 is 11.8 Å². The van der Waals surface area contributed by atoms with E-state index in [1.807, 2.05) is 48.5 Å². The van der Waals surface area contributed by atoms with E-state index in [1.165, 1.54) is 17.3 Å². The molecule has 0 unspecified atom stereocenters. The molecule has 0 aliphatic rings. The fourth-order valence-electron chi connectivity index (χ4n) is 2.64. The van der Waals surface area contributed by atoms with Crippen LogP contribution in [0, 0.1) is 6.92 Å². The van der Waals surface area contributed by atoms with Crippen LogP contribution >= 0.6 is 11.8 Å². The molecule has 0 aliphatic carbocycles. The summed E-state index contributed by atoms with van der Waals surface area (Å²) >= 11 is 1.52. The third-order valence-electron chi connectivity index (χ3n) is 4.19. The second kappa shape index (κ2) is 8.26. The topological polar surface area (TPSA) is 78.9 Å². The second-order valence-electron chi connectivity index (χ2n) is 6.27. The zero-order valence-corrected chi connectivity index (χ0v) is 16.4. The average molecular weight is 393 g/mol. The zero-order valence-electron chi connectivity index (χ0n) is 15.6. The van der Waals surface area contributed by atoms with Gasteiger partial charge in [-0.3, -0.25) is 0 Å². The van der Waals surface area contributed by atoms with Gasteiger partial charge in [-0.1, -0.05) is 41.6 Å². The summed E-state index contributed by atoms with van der Waals surface area (Å²) in [5.41, 5.74) is 4.11. The maximum atomic E-state index is 5.61. The van der Waals surface area contributed by atoms with E-state index in [4.69, 9.17) is 9.15 Å². The molecule has 142 valence electrons. The summed E-state index contributed by atoms with van der Waals surface area (Å²) in [7, 11) is 1.65. The van der Waals surface area contributed by atoms with Gasteiger partial charge in [-0.15, -0.1) is 5.10 Å². The van der Waals surface area contributed by atoms with Crippen LogP contribution in [0.25, 0.3) is 11.5 Å². The van der Waals surface area contributed by atoms with Crippen molar-refractivity contribution in [1.29, 1.82) is 0 Å². The van der Waals surface area contributed by atoms with Crippen molar-refractivity contribution < 1.29 is 9.15 Å². The molecule has 8 heteroatoms. The predicted molar refractivity (Wildman–Crippen MR) is 106 cm³/mol. The molecular formula is C20H19N5O2S. The van der Waals surface area contributed by atoms with Gasteiger partial charge in [0.25, 0.3) is 0 Å². The van der Waals surface area contributed by atoms with Crippen molar-refractivity contribution in [1.82, 2.24) is 25.2 Å². The van der Waals surface area contributed by atoms with Crippen LogP contribution in [0.1, 0.15) is 16.8 Å². The van der Waals surface area contributed by atoms with Gasteiger partial charge in [0.15, 0.2) is 0 Å². The number of oxazole rings is 1. The molecule has 0 spiro atoms. The zero-order chi connectivity index (χ0) is 19.3. The predicted octanol–water partition coefficient (Wildman–Crippen LogP) is 3.99. The number of benzene rings is 2. The molecule has 0 amide bonds. The van der Waals surface area contributed by atoms with E-state index >= 15 is 0 Å². The first-order chi connectivity index (χ1) is 13.7. The minimum atomic E-state index is 0.590. The maximum Gasteiger partial charge on any atom is 0.226 e. The summed E-state index contributed by atoms with van der Waals surface area (Å²) in [5, 5.41) is 12.7. The number of hydrogen-bond acceptors (Lipinski definition) is 7. The number of thioether (sulfide) groups is 1. The van der Waals surface area contributed by atoms with Crippen LogP contribution in [-0.2, 0) is 12.3 Å². The Hall–Kier alpha value is -3.13. The van der Waals surface area contributed by atoms with Crippen LogP contribution in [-0.4, -0.2) is 32.3 Å². The summed E-state index contributed by atoms with van der Waals surface area (Å²) in [6.07, 6.45) is 1.68. The van der Waals surface area contributed by atoms with Crippen LogP contribution in [0.4, 0.5) is 0 Å². The second-order valence-corrected chi connectivity index (χ2v) is 7.21. The highest BCUT2D eigenvalue weighted by molar-refractivity contribution is 7.98. The lowest BCUT2D eigenvalue weighted by Gasteiger charge is -2.05. The molecule has 0 saturated carbocycles. The minimum Gasteiger partial charge on any atom is -0.497 e. The number of nitrogens with zero attached hydrogens (tertiary/aromatic N) is 5. The Morgan fingerprint density at radius 1 is 1.07 bits per heavy atom. The Kier molecular flexibility index (Phi) is 5.38. The highest BCUT2D eigenvalue weighted by atomic mass is 32.2. The highest BCUT2D eigenvalue weighted by Gasteiger charge is 2.11. The monoisotopic (exact) mass is 393 g/mol. The van der Waals surface area contributed by atoms with Crippen LogP contribution < -0.4 is 4.74 Å². The van der Waals surface area contributed by atoms with E-state index in [-0.39, 0.29) is 0 Å². The first-order valence-electron chi connectivity index (χ1n) is 8.74. The Bertz CT molecular complexity index is 1040. The SMILES string of the molecule is COc1ccc(Cn2nnnc2SCc2coc(-c3ccc(C)cc3)n2)cc1. The molecular weight excluding hydrogens is 374 g/mol. The third-order valence-corrected chi connectivity index (χ3v) is 5.18. The van der Waals surface area contributed by atoms with Gasteiger partial charge in [0, 0.05) is 11.3 Å². The quantitative estimate of drug-likeness (QED) is 0.439.